The van der Waals surface area contributed by atoms with E-state index in [0.29, 0.717) is 17.9 Å². The minimum Gasteiger partial charge on any atom is -0.494 e. The molecule has 0 bridgehead atoms. The van der Waals surface area contributed by atoms with Gasteiger partial charge in [-0.1, -0.05) is 0 Å². The number of amides is 1. The van der Waals surface area contributed by atoms with Crippen LogP contribution in [0.2, 0.25) is 0 Å². The van der Waals surface area contributed by atoms with Crippen LogP contribution in [-0.4, -0.2) is 39.0 Å². The number of nitrogens with one attached hydrogen (secondary N) is 2. The summed E-state index contributed by atoms with van der Waals surface area (Å²) >= 11 is 0. The molecule has 1 atom stereocenters. The highest BCUT2D eigenvalue weighted by molar-refractivity contribution is 7.91. The van der Waals surface area contributed by atoms with Gasteiger partial charge >= 0.3 is 0 Å². The molecule has 110 valence electrons. The zero-order valence-corrected chi connectivity index (χ0v) is 12.3. The molecule has 0 spiro atoms. The van der Waals surface area contributed by atoms with Gasteiger partial charge in [-0.25, -0.2) is 8.42 Å². The molecule has 1 aliphatic heterocycles. The Morgan fingerprint density at radius 1 is 1.40 bits per heavy atom. The maximum absolute atomic E-state index is 11.4. The van der Waals surface area contributed by atoms with Crippen molar-refractivity contribution in [1.82, 2.24) is 0 Å². The number of ether oxygens (including phenoxy) is 1. The van der Waals surface area contributed by atoms with Gasteiger partial charge in [0.2, 0.25) is 5.91 Å². The second kappa shape index (κ2) is 5.70. The van der Waals surface area contributed by atoms with E-state index in [1.165, 1.54) is 14.0 Å². The Morgan fingerprint density at radius 3 is 2.70 bits per heavy atom. The predicted octanol–water partition coefficient (Wildman–Crippen LogP) is 1.25. The Labute approximate surface area is 118 Å². The number of hydrogen-bond acceptors (Lipinski definition) is 5. The average Bonchev–Trinajstić information content (AvgIpc) is 2.70. The van der Waals surface area contributed by atoms with Crippen LogP contribution >= 0.6 is 0 Å². The number of methoxy groups -OCH3 is 1. The van der Waals surface area contributed by atoms with Crippen molar-refractivity contribution in [2.75, 3.05) is 29.2 Å². The quantitative estimate of drug-likeness (QED) is 0.874. The van der Waals surface area contributed by atoms with Gasteiger partial charge in [0.25, 0.3) is 0 Å². The number of carbonyl (C=O) groups is 1. The summed E-state index contributed by atoms with van der Waals surface area (Å²) in [5.74, 6) is 0.742. The van der Waals surface area contributed by atoms with E-state index in [2.05, 4.69) is 10.6 Å². The van der Waals surface area contributed by atoms with Crippen LogP contribution in [0.5, 0.6) is 5.75 Å². The van der Waals surface area contributed by atoms with Gasteiger partial charge in [-0.15, -0.1) is 0 Å². The molecule has 0 aromatic heterocycles. The van der Waals surface area contributed by atoms with Crippen molar-refractivity contribution in [3.63, 3.8) is 0 Å². The normalized spacial score (nSPS) is 20.4. The van der Waals surface area contributed by atoms with Gasteiger partial charge in [-0.2, -0.15) is 0 Å². The molecular formula is C13H18N2O4S. The van der Waals surface area contributed by atoms with Gasteiger partial charge in [-0.3, -0.25) is 4.79 Å². The maximum Gasteiger partial charge on any atom is 0.221 e. The van der Waals surface area contributed by atoms with Crippen LogP contribution < -0.4 is 15.4 Å². The monoisotopic (exact) mass is 298 g/mol. The molecule has 7 heteroatoms. The first-order chi connectivity index (χ1) is 9.39. The lowest BCUT2D eigenvalue weighted by Gasteiger charge is -2.15. The molecule has 1 fully saturated rings. The zero-order chi connectivity index (χ0) is 14.8. The third kappa shape index (κ3) is 3.63. The molecule has 2 rings (SSSR count). The average molecular weight is 298 g/mol. The van der Waals surface area contributed by atoms with Crippen molar-refractivity contribution in [2.45, 2.75) is 19.4 Å². The second-order valence-corrected chi connectivity index (χ2v) is 7.07. The molecule has 6 nitrogen and oxygen atoms in total. The lowest BCUT2D eigenvalue weighted by molar-refractivity contribution is -0.114. The Kier molecular flexibility index (Phi) is 4.17. The molecular weight excluding hydrogens is 280 g/mol. The number of sulfone groups is 1. The van der Waals surface area contributed by atoms with Crippen molar-refractivity contribution in [3.05, 3.63) is 18.2 Å². The molecule has 0 saturated carbocycles. The van der Waals surface area contributed by atoms with Gasteiger partial charge in [0, 0.05) is 24.7 Å². The Morgan fingerprint density at radius 2 is 2.15 bits per heavy atom. The molecule has 1 saturated heterocycles. The molecule has 1 amide bonds. The predicted molar refractivity (Wildman–Crippen MR) is 78.0 cm³/mol. The van der Waals surface area contributed by atoms with E-state index in [-0.39, 0.29) is 23.5 Å². The van der Waals surface area contributed by atoms with E-state index in [0.717, 1.165) is 5.69 Å². The van der Waals surface area contributed by atoms with E-state index in [4.69, 9.17) is 4.74 Å². The van der Waals surface area contributed by atoms with Gasteiger partial charge in [-0.05, 0) is 18.6 Å². The molecule has 0 radical (unpaired) electrons. The van der Waals surface area contributed by atoms with Crippen LogP contribution in [0.15, 0.2) is 18.2 Å². The molecule has 0 aliphatic carbocycles. The molecule has 1 aromatic rings. The van der Waals surface area contributed by atoms with Crippen molar-refractivity contribution in [1.29, 1.82) is 0 Å². The van der Waals surface area contributed by atoms with E-state index in [1.807, 2.05) is 0 Å². The highest BCUT2D eigenvalue weighted by Crippen LogP contribution is 2.29. The number of carbonyl (C=O) groups excluding carboxylic acids is 1. The summed E-state index contributed by atoms with van der Waals surface area (Å²) in [5.41, 5.74) is 1.36. The van der Waals surface area contributed by atoms with Crippen LogP contribution in [0.3, 0.4) is 0 Å². The first kappa shape index (κ1) is 14.6. The fraction of sp³-hybridized carbons (Fsp3) is 0.462. The Bertz CT molecular complexity index is 613. The highest BCUT2D eigenvalue weighted by Gasteiger charge is 2.27. The number of anilines is 2. The Hall–Kier alpha value is -1.76. The zero-order valence-electron chi connectivity index (χ0n) is 11.5. The second-order valence-electron chi connectivity index (χ2n) is 4.84. The third-order valence-electron chi connectivity index (χ3n) is 3.12. The van der Waals surface area contributed by atoms with Gasteiger partial charge in [0.15, 0.2) is 9.84 Å². The molecule has 1 aliphatic rings. The number of hydrogen-bond donors (Lipinski definition) is 2. The summed E-state index contributed by atoms with van der Waals surface area (Å²) < 4.78 is 28.1. The SMILES string of the molecule is COc1cc(NC2CCS(=O)(=O)C2)ccc1NC(C)=O. The number of rotatable bonds is 4. The smallest absolute Gasteiger partial charge is 0.221 e. The first-order valence-corrected chi connectivity index (χ1v) is 8.14. The van der Waals surface area contributed by atoms with Crippen LogP contribution in [0.4, 0.5) is 11.4 Å². The molecule has 1 unspecified atom stereocenters. The van der Waals surface area contributed by atoms with E-state index < -0.39 is 9.84 Å². The summed E-state index contributed by atoms with van der Waals surface area (Å²) in [6, 6.07) is 5.19. The largest absolute Gasteiger partial charge is 0.494 e. The van der Waals surface area contributed by atoms with Crippen LogP contribution in [-0.2, 0) is 14.6 Å². The Balaban J connectivity index is 2.12. The van der Waals surface area contributed by atoms with Crippen molar-refractivity contribution < 1.29 is 17.9 Å². The lowest BCUT2D eigenvalue weighted by Crippen LogP contribution is -2.20. The fourth-order valence-corrected chi connectivity index (χ4v) is 3.89. The summed E-state index contributed by atoms with van der Waals surface area (Å²) in [6.45, 7) is 1.43. The standard InChI is InChI=1S/C13H18N2O4S/c1-9(16)14-12-4-3-10(7-13(12)19-2)15-11-5-6-20(17,18)8-11/h3-4,7,11,15H,5-6,8H2,1-2H3,(H,14,16). The van der Waals surface area contributed by atoms with Gasteiger partial charge in [0.1, 0.15) is 5.75 Å². The summed E-state index contributed by atoms with van der Waals surface area (Å²) in [7, 11) is -1.39. The van der Waals surface area contributed by atoms with Crippen LogP contribution in [0, 0.1) is 0 Å². The molecule has 1 heterocycles. The van der Waals surface area contributed by atoms with E-state index >= 15 is 0 Å². The third-order valence-corrected chi connectivity index (χ3v) is 4.88. The molecule has 1 aromatic carbocycles. The van der Waals surface area contributed by atoms with Gasteiger partial charge < -0.3 is 15.4 Å². The summed E-state index contributed by atoms with van der Waals surface area (Å²) in [4.78, 5) is 11.1. The van der Waals surface area contributed by atoms with E-state index in [9.17, 15) is 13.2 Å². The first-order valence-electron chi connectivity index (χ1n) is 6.32. The van der Waals surface area contributed by atoms with Crippen LogP contribution in [0.1, 0.15) is 13.3 Å². The number of benzene rings is 1. The van der Waals surface area contributed by atoms with E-state index in [1.54, 1.807) is 18.2 Å². The minimum absolute atomic E-state index is 0.0728. The van der Waals surface area contributed by atoms with Gasteiger partial charge in [0.05, 0.1) is 24.3 Å². The lowest BCUT2D eigenvalue weighted by atomic mass is 10.2. The topological polar surface area (TPSA) is 84.5 Å². The van der Waals surface area contributed by atoms with Crippen molar-refractivity contribution in [3.8, 4) is 5.75 Å². The van der Waals surface area contributed by atoms with Crippen LogP contribution in [0.25, 0.3) is 0 Å². The van der Waals surface area contributed by atoms with Crippen molar-refractivity contribution >= 4 is 27.1 Å². The maximum atomic E-state index is 11.4. The fourth-order valence-electron chi connectivity index (χ4n) is 2.22. The summed E-state index contributed by atoms with van der Waals surface area (Å²) in [5, 5.41) is 5.85. The highest BCUT2D eigenvalue weighted by atomic mass is 32.2. The summed E-state index contributed by atoms with van der Waals surface area (Å²) in [6.07, 6.45) is 0.609. The molecule has 20 heavy (non-hydrogen) atoms. The molecule has 2 N–H and O–H groups in total. The minimum atomic E-state index is -2.91. The van der Waals surface area contributed by atoms with Crippen molar-refractivity contribution in [2.24, 2.45) is 0 Å².